The highest BCUT2D eigenvalue weighted by Gasteiger charge is 2.31. The third-order valence-corrected chi connectivity index (χ3v) is 4.45. The van der Waals surface area contributed by atoms with Crippen LogP contribution >= 0.6 is 11.6 Å². The molecule has 2 nitrogen and oxygen atoms in total. The van der Waals surface area contributed by atoms with Crippen LogP contribution < -0.4 is 11.1 Å². The van der Waals surface area contributed by atoms with Gasteiger partial charge in [0.15, 0.2) is 0 Å². The minimum atomic E-state index is -0.467. The van der Waals surface area contributed by atoms with E-state index in [1.165, 1.54) is 31.7 Å². The van der Waals surface area contributed by atoms with Crippen molar-refractivity contribution in [2.75, 3.05) is 17.6 Å². The smallest absolute Gasteiger partial charge is 0.143 e. The molecule has 0 bridgehead atoms. The van der Waals surface area contributed by atoms with E-state index >= 15 is 0 Å². The lowest BCUT2D eigenvalue weighted by atomic mass is 9.83. The molecule has 0 atom stereocenters. The molecule has 0 aromatic heterocycles. The van der Waals surface area contributed by atoms with Crippen molar-refractivity contribution in [3.8, 4) is 0 Å². The molecule has 1 aromatic carbocycles. The van der Waals surface area contributed by atoms with Crippen molar-refractivity contribution in [3.63, 3.8) is 0 Å². The van der Waals surface area contributed by atoms with Crippen LogP contribution in [0.25, 0.3) is 0 Å². The fraction of sp³-hybridized carbons (Fsp3) is 0.571. The van der Waals surface area contributed by atoms with E-state index in [1.807, 2.05) is 0 Å². The number of nitrogens with two attached hydrogens (primary N) is 1. The predicted octanol–water partition coefficient (Wildman–Crippen LogP) is 4.44. The molecule has 0 heterocycles. The summed E-state index contributed by atoms with van der Waals surface area (Å²) in [4.78, 5) is 0. The third-order valence-electron chi connectivity index (χ3n) is 4.16. The van der Waals surface area contributed by atoms with Gasteiger partial charge in [0.2, 0.25) is 0 Å². The van der Waals surface area contributed by atoms with Crippen LogP contribution in [0.2, 0.25) is 5.02 Å². The number of anilines is 2. The van der Waals surface area contributed by atoms with Gasteiger partial charge in [-0.2, -0.15) is 0 Å². The summed E-state index contributed by atoms with van der Waals surface area (Å²) in [5.74, 6) is -0.467. The first-order valence-electron chi connectivity index (χ1n) is 6.55. The maximum atomic E-state index is 13.2. The van der Waals surface area contributed by atoms with E-state index in [2.05, 4.69) is 12.2 Å². The zero-order chi connectivity index (χ0) is 13.2. The number of rotatable bonds is 4. The SMILES string of the molecule is CCC1(CNc2cc(Cl)c(F)cc2N)CCCC1. The summed E-state index contributed by atoms with van der Waals surface area (Å²) < 4.78 is 13.2. The normalized spacial score (nSPS) is 17.9. The topological polar surface area (TPSA) is 38.0 Å². The van der Waals surface area contributed by atoms with Crippen LogP contribution in [0, 0.1) is 11.2 Å². The van der Waals surface area contributed by atoms with Gasteiger partial charge in [0, 0.05) is 12.6 Å². The van der Waals surface area contributed by atoms with E-state index in [-0.39, 0.29) is 5.02 Å². The largest absolute Gasteiger partial charge is 0.397 e. The van der Waals surface area contributed by atoms with Crippen LogP contribution in [0.15, 0.2) is 12.1 Å². The fourth-order valence-corrected chi connectivity index (χ4v) is 2.94. The zero-order valence-electron chi connectivity index (χ0n) is 10.7. The van der Waals surface area contributed by atoms with Crippen LogP contribution in [-0.2, 0) is 0 Å². The number of hydrogen-bond donors (Lipinski definition) is 2. The molecule has 3 N–H and O–H groups in total. The molecule has 0 aliphatic heterocycles. The Bertz CT molecular complexity index is 428. The van der Waals surface area contributed by atoms with Crippen molar-refractivity contribution in [1.29, 1.82) is 0 Å². The minimum Gasteiger partial charge on any atom is -0.397 e. The van der Waals surface area contributed by atoms with Crippen molar-refractivity contribution < 1.29 is 4.39 Å². The lowest BCUT2D eigenvalue weighted by Crippen LogP contribution is -2.26. The summed E-state index contributed by atoms with van der Waals surface area (Å²) in [6.45, 7) is 3.11. The molecule has 1 aliphatic rings. The van der Waals surface area contributed by atoms with Gasteiger partial charge in [-0.3, -0.25) is 0 Å². The van der Waals surface area contributed by atoms with Gasteiger partial charge >= 0.3 is 0 Å². The maximum Gasteiger partial charge on any atom is 0.143 e. The number of benzene rings is 1. The van der Waals surface area contributed by atoms with Crippen LogP contribution in [0.5, 0.6) is 0 Å². The molecule has 4 heteroatoms. The molecule has 0 saturated heterocycles. The maximum absolute atomic E-state index is 13.2. The average molecular weight is 271 g/mol. The Kier molecular flexibility index (Phi) is 4.00. The quantitative estimate of drug-likeness (QED) is 0.794. The first-order valence-corrected chi connectivity index (χ1v) is 6.92. The Balaban J connectivity index is 2.08. The number of nitrogens with one attached hydrogen (secondary N) is 1. The first kappa shape index (κ1) is 13.5. The summed E-state index contributed by atoms with van der Waals surface area (Å²) in [6, 6.07) is 2.85. The van der Waals surface area contributed by atoms with Crippen LogP contribution in [0.1, 0.15) is 39.0 Å². The van der Waals surface area contributed by atoms with E-state index in [0.717, 1.165) is 18.7 Å². The molecule has 0 radical (unpaired) electrons. The molecular formula is C14H20ClFN2. The Morgan fingerprint density at radius 3 is 2.67 bits per heavy atom. The minimum absolute atomic E-state index is 0.115. The number of nitrogen functional groups attached to an aromatic ring is 1. The molecule has 0 unspecified atom stereocenters. The molecule has 0 spiro atoms. The van der Waals surface area contributed by atoms with E-state index in [9.17, 15) is 4.39 Å². The van der Waals surface area contributed by atoms with Crippen molar-refractivity contribution in [3.05, 3.63) is 23.0 Å². The van der Waals surface area contributed by atoms with Gasteiger partial charge in [-0.1, -0.05) is 31.4 Å². The van der Waals surface area contributed by atoms with E-state index < -0.39 is 5.82 Å². The van der Waals surface area contributed by atoms with Gasteiger partial charge in [0.05, 0.1) is 16.4 Å². The summed E-state index contributed by atoms with van der Waals surface area (Å²) in [6.07, 6.45) is 6.27. The summed E-state index contributed by atoms with van der Waals surface area (Å²) in [7, 11) is 0. The average Bonchev–Trinajstić information content (AvgIpc) is 2.82. The molecule has 1 aromatic rings. The lowest BCUT2D eigenvalue weighted by Gasteiger charge is -2.28. The molecule has 0 amide bonds. The lowest BCUT2D eigenvalue weighted by molar-refractivity contribution is 0.307. The van der Waals surface area contributed by atoms with Gasteiger partial charge in [0.1, 0.15) is 5.82 Å². The number of halogens is 2. The Morgan fingerprint density at radius 2 is 2.06 bits per heavy atom. The van der Waals surface area contributed by atoms with E-state index in [1.54, 1.807) is 6.07 Å². The highest BCUT2D eigenvalue weighted by Crippen LogP contribution is 2.41. The van der Waals surface area contributed by atoms with E-state index in [0.29, 0.717) is 11.1 Å². The van der Waals surface area contributed by atoms with E-state index in [4.69, 9.17) is 17.3 Å². The van der Waals surface area contributed by atoms with Gasteiger partial charge in [-0.15, -0.1) is 0 Å². The van der Waals surface area contributed by atoms with Crippen molar-refractivity contribution in [1.82, 2.24) is 0 Å². The summed E-state index contributed by atoms with van der Waals surface area (Å²) >= 11 is 5.78. The molecule has 1 aliphatic carbocycles. The fourth-order valence-electron chi connectivity index (χ4n) is 2.78. The first-order chi connectivity index (χ1) is 8.56. The van der Waals surface area contributed by atoms with Crippen LogP contribution in [0.4, 0.5) is 15.8 Å². The standard InChI is InChI=1S/C14H20ClFN2/c1-2-14(5-3-4-6-14)9-18-13-7-10(15)11(16)8-12(13)17/h7-8,18H,2-6,9,17H2,1H3. The molecule has 1 fully saturated rings. The Morgan fingerprint density at radius 1 is 1.39 bits per heavy atom. The second kappa shape index (κ2) is 5.35. The Labute approximate surface area is 113 Å². The van der Waals surface area contributed by atoms with Gasteiger partial charge in [0.25, 0.3) is 0 Å². The monoisotopic (exact) mass is 270 g/mol. The molecule has 100 valence electrons. The molecular weight excluding hydrogens is 251 g/mol. The molecule has 2 rings (SSSR count). The highest BCUT2D eigenvalue weighted by molar-refractivity contribution is 6.31. The third kappa shape index (κ3) is 2.72. The molecule has 18 heavy (non-hydrogen) atoms. The molecule has 1 saturated carbocycles. The highest BCUT2D eigenvalue weighted by atomic mass is 35.5. The van der Waals surface area contributed by atoms with Crippen LogP contribution in [0.3, 0.4) is 0 Å². The van der Waals surface area contributed by atoms with Crippen molar-refractivity contribution in [2.24, 2.45) is 5.41 Å². The summed E-state index contributed by atoms with van der Waals surface area (Å²) in [5, 5.41) is 3.45. The predicted molar refractivity (Wildman–Crippen MR) is 75.5 cm³/mol. The van der Waals surface area contributed by atoms with Gasteiger partial charge in [-0.05, 0) is 30.7 Å². The van der Waals surface area contributed by atoms with Crippen molar-refractivity contribution >= 4 is 23.0 Å². The Hall–Kier alpha value is -0.960. The van der Waals surface area contributed by atoms with Gasteiger partial charge in [-0.25, -0.2) is 4.39 Å². The zero-order valence-corrected chi connectivity index (χ0v) is 11.5. The van der Waals surface area contributed by atoms with Gasteiger partial charge < -0.3 is 11.1 Å². The second-order valence-corrected chi connectivity index (χ2v) is 5.67. The summed E-state index contributed by atoms with van der Waals surface area (Å²) in [5.41, 5.74) is 7.32. The second-order valence-electron chi connectivity index (χ2n) is 5.27. The van der Waals surface area contributed by atoms with Crippen LogP contribution in [-0.4, -0.2) is 6.54 Å². The number of hydrogen-bond acceptors (Lipinski definition) is 2. The van der Waals surface area contributed by atoms with Crippen molar-refractivity contribution in [2.45, 2.75) is 39.0 Å².